The summed E-state index contributed by atoms with van der Waals surface area (Å²) in [5, 5.41) is 54.0. The van der Waals surface area contributed by atoms with Gasteiger partial charge in [0.25, 0.3) is 5.91 Å². The first-order chi connectivity index (χ1) is 32.6. The molecule has 0 saturated carbocycles. The smallest absolute Gasteiger partial charge is 0.256 e. The number of hydrazine groups is 1. The monoisotopic (exact) mass is 965 g/mol. The summed E-state index contributed by atoms with van der Waals surface area (Å²) in [5.74, 6) is -4.91. The van der Waals surface area contributed by atoms with E-state index in [-0.39, 0.29) is 67.8 Å². The van der Waals surface area contributed by atoms with Gasteiger partial charge in [-0.15, -0.1) is 0 Å². The first-order valence-corrected chi connectivity index (χ1v) is 23.8. The Morgan fingerprint density at radius 3 is 2.03 bits per heavy atom. The van der Waals surface area contributed by atoms with Gasteiger partial charge in [-0.05, 0) is 106 Å². The van der Waals surface area contributed by atoms with Crippen molar-refractivity contribution in [2.45, 2.75) is 153 Å². The van der Waals surface area contributed by atoms with Crippen LogP contribution < -0.4 is 32.4 Å². The lowest BCUT2D eigenvalue weighted by molar-refractivity contribution is -0.146. The van der Waals surface area contributed by atoms with Crippen LogP contribution in [-0.4, -0.2) is 158 Å². The average Bonchev–Trinajstić information content (AvgIpc) is 3.79. The number of benzene rings is 2. The fourth-order valence-electron chi connectivity index (χ4n) is 8.80. The van der Waals surface area contributed by atoms with Crippen molar-refractivity contribution < 1.29 is 58.8 Å². The molecule has 69 heavy (non-hydrogen) atoms. The van der Waals surface area contributed by atoms with Gasteiger partial charge in [0.15, 0.2) is 11.6 Å². The molecular formula is C49H72N8O12. The van der Waals surface area contributed by atoms with Gasteiger partial charge in [0.05, 0.1) is 49.5 Å². The fourth-order valence-corrected chi connectivity index (χ4v) is 8.80. The number of nitrogens with one attached hydrogen (secondary N) is 5. The molecule has 2 saturated heterocycles. The molecule has 2 aromatic carbocycles. The quantitative estimate of drug-likeness (QED) is 0.0859. The average molecular weight is 965 g/mol. The van der Waals surface area contributed by atoms with Crippen molar-refractivity contribution in [1.82, 2.24) is 36.6 Å². The number of nitrogens with zero attached hydrogens (tertiary/aromatic N) is 2. The maximum Gasteiger partial charge on any atom is 0.256 e. The van der Waals surface area contributed by atoms with Gasteiger partial charge in [0.1, 0.15) is 47.7 Å². The van der Waals surface area contributed by atoms with Gasteiger partial charge >= 0.3 is 0 Å². The Bertz CT molecular complexity index is 2080. The van der Waals surface area contributed by atoms with Gasteiger partial charge < -0.3 is 46.5 Å². The molecule has 2 aliphatic rings. The highest BCUT2D eigenvalue weighted by atomic mass is 16.3. The van der Waals surface area contributed by atoms with E-state index in [1.807, 2.05) is 27.7 Å². The number of aliphatic hydroxyl groups excluding tert-OH is 2. The summed E-state index contributed by atoms with van der Waals surface area (Å²) >= 11 is 0. The Labute approximate surface area is 403 Å². The number of aldehydes is 1. The number of phenols is 2. The summed E-state index contributed by atoms with van der Waals surface area (Å²) in [4.78, 5) is 114. The van der Waals surface area contributed by atoms with Crippen molar-refractivity contribution in [2.75, 3.05) is 19.7 Å². The lowest BCUT2D eigenvalue weighted by Gasteiger charge is -2.36. The van der Waals surface area contributed by atoms with Crippen LogP contribution in [0.2, 0.25) is 0 Å². The number of Topliss-reactive ketones (excluding diaryl/α,β-unsaturated/α-hetero) is 3. The molecule has 2 heterocycles. The Balaban J connectivity index is 1.91. The predicted octanol–water partition coefficient (Wildman–Crippen LogP) is -0.288. The zero-order chi connectivity index (χ0) is 51.1. The second kappa shape index (κ2) is 26.4. The van der Waals surface area contributed by atoms with E-state index in [2.05, 4.69) is 26.7 Å². The van der Waals surface area contributed by atoms with E-state index in [9.17, 15) is 49.2 Å². The SMILES string of the molecule is CC(=O)[C@H](CC(C)C)NC1CCC(C(=O)[C@@H]2CCCN2C(=O)[C@@H](N)CC(C)C)N[C@@H](CO)C(=O)N([C@H](C=O)Cc2ccc(O)cc2)N[C@@H](Cc2ccc(O)cc2)C(=O)NCC(=O)N[C@@H]([C@H](C)O)C1=O. The topological polar surface area (TPSA) is 310 Å². The molecule has 0 aliphatic carbocycles. The van der Waals surface area contributed by atoms with E-state index in [0.717, 1.165) is 5.01 Å². The largest absolute Gasteiger partial charge is 0.508 e. The maximum absolute atomic E-state index is 15.1. The molecule has 20 nitrogen and oxygen atoms in total. The van der Waals surface area contributed by atoms with Crippen LogP contribution in [0.4, 0.5) is 0 Å². The van der Waals surface area contributed by atoms with Crippen LogP contribution in [0.3, 0.4) is 0 Å². The van der Waals surface area contributed by atoms with Crippen LogP contribution in [-0.2, 0) is 51.2 Å². The minimum Gasteiger partial charge on any atom is -0.508 e. The first-order valence-electron chi connectivity index (χ1n) is 23.8. The number of ketones is 3. The molecule has 0 bridgehead atoms. The van der Waals surface area contributed by atoms with Crippen LogP contribution in [0.1, 0.15) is 91.2 Å². The van der Waals surface area contributed by atoms with Crippen molar-refractivity contribution in [3.8, 4) is 11.5 Å². The molecule has 2 aromatic rings. The number of likely N-dealkylation sites (tertiary alicyclic amines) is 1. The number of hydrogen-bond acceptors (Lipinski definition) is 16. The van der Waals surface area contributed by atoms with E-state index in [1.54, 1.807) is 0 Å². The molecule has 0 aromatic heterocycles. The lowest BCUT2D eigenvalue weighted by atomic mass is 9.90. The van der Waals surface area contributed by atoms with E-state index in [4.69, 9.17) is 5.73 Å². The number of aliphatic hydroxyl groups is 2. The molecule has 4 amide bonds. The highest BCUT2D eigenvalue weighted by Crippen LogP contribution is 2.24. The van der Waals surface area contributed by atoms with Crippen LogP contribution in [0.25, 0.3) is 0 Å². The highest BCUT2D eigenvalue weighted by molar-refractivity contribution is 5.97. The predicted molar refractivity (Wildman–Crippen MR) is 254 cm³/mol. The number of rotatable bonds is 18. The van der Waals surface area contributed by atoms with E-state index >= 15 is 9.59 Å². The third-order valence-corrected chi connectivity index (χ3v) is 12.4. The zero-order valence-corrected chi connectivity index (χ0v) is 40.4. The molecule has 2 fully saturated rings. The Morgan fingerprint density at radius 2 is 1.48 bits per heavy atom. The Hall–Kier alpha value is -5.64. The van der Waals surface area contributed by atoms with Crippen LogP contribution in [0.5, 0.6) is 11.5 Å². The van der Waals surface area contributed by atoms with Crippen molar-refractivity contribution in [1.29, 1.82) is 0 Å². The molecule has 4 rings (SSSR count). The third kappa shape index (κ3) is 16.2. The Morgan fingerprint density at radius 1 is 0.870 bits per heavy atom. The molecule has 2 unspecified atom stereocenters. The second-order valence-electron chi connectivity index (χ2n) is 19.1. The second-order valence-corrected chi connectivity index (χ2v) is 19.1. The summed E-state index contributed by atoms with van der Waals surface area (Å²) < 4.78 is 0. The van der Waals surface area contributed by atoms with E-state index in [1.165, 1.54) is 67.3 Å². The summed E-state index contributed by atoms with van der Waals surface area (Å²) in [6.07, 6.45) is -0.567. The molecule has 11 N–H and O–H groups in total. The molecule has 2 aliphatic heterocycles. The van der Waals surface area contributed by atoms with Gasteiger partial charge in [-0.2, -0.15) is 0 Å². The Kier molecular flexibility index (Phi) is 21.4. The molecule has 10 atom stereocenters. The van der Waals surface area contributed by atoms with Gasteiger partial charge in [-0.1, -0.05) is 52.0 Å². The number of carbonyl (C=O) groups excluding carboxylic acids is 8. The number of nitrogens with two attached hydrogens (primary N) is 1. The normalized spacial score (nSPS) is 24.3. The van der Waals surface area contributed by atoms with E-state index < -0.39 is 109 Å². The summed E-state index contributed by atoms with van der Waals surface area (Å²) in [5.41, 5.74) is 10.2. The molecule has 20 heteroatoms. The number of aromatic hydroxyl groups is 2. The fraction of sp³-hybridized carbons (Fsp3) is 0.592. The minimum atomic E-state index is -1.68. The highest BCUT2D eigenvalue weighted by Gasteiger charge is 2.43. The van der Waals surface area contributed by atoms with Crippen molar-refractivity contribution in [3.05, 3.63) is 59.7 Å². The van der Waals surface area contributed by atoms with Gasteiger partial charge in [0.2, 0.25) is 17.7 Å². The minimum absolute atomic E-state index is 0.0218. The van der Waals surface area contributed by atoms with E-state index in [0.29, 0.717) is 36.7 Å². The van der Waals surface area contributed by atoms with Crippen molar-refractivity contribution >= 4 is 47.3 Å². The maximum atomic E-state index is 15.1. The number of amides is 4. The van der Waals surface area contributed by atoms with Gasteiger partial charge in [-0.25, -0.2) is 5.43 Å². The number of hydrogen-bond donors (Lipinski definition) is 10. The number of phenolic OH excluding ortho intramolecular Hbond substituents is 2. The van der Waals surface area contributed by atoms with Crippen LogP contribution in [0, 0.1) is 11.8 Å². The molecule has 0 spiro atoms. The summed E-state index contributed by atoms with van der Waals surface area (Å²) in [6.45, 7) is 8.75. The van der Waals surface area contributed by atoms with Crippen molar-refractivity contribution in [2.24, 2.45) is 17.6 Å². The van der Waals surface area contributed by atoms with Gasteiger partial charge in [0, 0.05) is 13.0 Å². The number of carbonyl (C=O) groups is 8. The zero-order valence-electron chi connectivity index (χ0n) is 40.4. The molecule has 0 radical (unpaired) electrons. The summed E-state index contributed by atoms with van der Waals surface area (Å²) in [7, 11) is 0. The first kappa shape index (κ1) is 56.0. The molecule has 380 valence electrons. The van der Waals surface area contributed by atoms with Crippen molar-refractivity contribution in [3.63, 3.8) is 0 Å². The van der Waals surface area contributed by atoms with Gasteiger partial charge in [-0.3, -0.25) is 49.2 Å². The standard InChI is InChI=1S/C49H72N8O12/c1-27(2)20-36(50)48(68)56-19-7-8-42(56)45(65)37-17-18-38(52-39(29(5)60)21-28(3)4)46(66)44(30(6)61)54-43(64)24-51-47(67)40(23-32-11-15-35(63)16-12-32)55-57(49(69)41(26-59)53-37)33(25-58)22-31-9-13-34(62)14-10-31/h9-16,25,27-28,30,33,36-42,44,52-53,55,59,61-63H,7-8,17-24,26,50H2,1-6H3,(H,51,67)(H,54,64)/t30-,33-,36-,37?,38?,39-,40-,41-,42-,44-/m0/s1. The summed E-state index contributed by atoms with van der Waals surface area (Å²) in [6, 6.07) is -0.0572. The van der Waals surface area contributed by atoms with Crippen LogP contribution in [0.15, 0.2) is 48.5 Å². The third-order valence-electron chi connectivity index (χ3n) is 12.4. The lowest BCUT2D eigenvalue weighted by Crippen LogP contribution is -2.65. The molecular weight excluding hydrogens is 893 g/mol. The van der Waals surface area contributed by atoms with Crippen LogP contribution >= 0.6 is 0 Å².